The van der Waals surface area contributed by atoms with E-state index < -0.39 is 0 Å². The number of hydrogen-bond donors (Lipinski definition) is 0. The Bertz CT molecular complexity index is 409. The van der Waals surface area contributed by atoms with Gasteiger partial charge in [-0.2, -0.15) is 0 Å². The fraction of sp³-hybridized carbons (Fsp3) is 0.706. The zero-order valence-corrected chi connectivity index (χ0v) is 12.1. The van der Waals surface area contributed by atoms with Gasteiger partial charge >= 0.3 is 0 Å². The lowest BCUT2D eigenvalue weighted by atomic mass is 9.99. The number of rotatable bonds is 2. The van der Waals surface area contributed by atoms with E-state index in [1.165, 1.54) is 69.5 Å². The Kier molecular flexibility index (Phi) is 4.08. The fourth-order valence-corrected chi connectivity index (χ4v) is 7.26. The first kappa shape index (κ1) is 12.3. The van der Waals surface area contributed by atoms with E-state index in [2.05, 4.69) is 23.7 Å². The van der Waals surface area contributed by atoms with Gasteiger partial charge in [-0.1, -0.05) is 12.8 Å². The molecular weight excluding hydrogens is 235 g/mol. The summed E-state index contributed by atoms with van der Waals surface area (Å²) >= 11 is 0. The van der Waals surface area contributed by atoms with E-state index >= 15 is 0 Å². The molecule has 0 amide bonds. The highest BCUT2D eigenvalue weighted by Crippen LogP contribution is 2.49. The summed E-state index contributed by atoms with van der Waals surface area (Å²) in [7, 11) is -0.0287. The van der Waals surface area contributed by atoms with Crippen LogP contribution in [0, 0.1) is 23.7 Å². The van der Waals surface area contributed by atoms with Gasteiger partial charge in [-0.25, -0.2) is 0 Å². The molecular formula is C17H22P+. The van der Waals surface area contributed by atoms with Crippen LogP contribution in [0.25, 0.3) is 0 Å². The molecule has 0 heterocycles. The lowest BCUT2D eigenvalue weighted by molar-refractivity contribution is 0.489. The van der Waals surface area contributed by atoms with E-state index in [1.807, 2.05) is 0 Å². The Morgan fingerprint density at radius 3 is 1.56 bits per heavy atom. The smallest absolute Gasteiger partial charge is 0.0530 e. The summed E-state index contributed by atoms with van der Waals surface area (Å²) < 4.78 is 0. The van der Waals surface area contributed by atoms with Crippen LogP contribution in [0.5, 0.6) is 0 Å². The molecule has 0 radical (unpaired) electrons. The van der Waals surface area contributed by atoms with Gasteiger partial charge in [0.15, 0.2) is 0 Å². The second kappa shape index (κ2) is 5.95. The lowest BCUT2D eigenvalue weighted by Crippen LogP contribution is -2.19. The van der Waals surface area contributed by atoms with Crippen molar-refractivity contribution in [2.75, 3.05) is 0 Å². The highest BCUT2D eigenvalue weighted by Gasteiger charge is 2.38. The van der Waals surface area contributed by atoms with Gasteiger partial charge in [0.1, 0.15) is 18.9 Å². The molecule has 0 spiro atoms. The molecule has 0 saturated heterocycles. The molecule has 3 aliphatic carbocycles. The Hall–Kier alpha value is -0.710. The molecule has 2 fully saturated rings. The zero-order chi connectivity index (χ0) is 12.2. The van der Waals surface area contributed by atoms with Gasteiger partial charge in [-0.3, -0.25) is 0 Å². The fourth-order valence-electron chi connectivity index (χ4n) is 3.72. The van der Waals surface area contributed by atoms with Gasteiger partial charge in [0.05, 0.1) is 0 Å². The minimum Gasteiger partial charge on any atom is -0.0530 e. The maximum Gasteiger partial charge on any atom is 0.245 e. The molecule has 0 aromatic rings. The van der Waals surface area contributed by atoms with Crippen molar-refractivity contribution in [2.45, 2.75) is 75.5 Å². The van der Waals surface area contributed by atoms with Crippen LogP contribution in [0.3, 0.4) is 0 Å². The molecule has 0 aliphatic heterocycles. The second-order valence-electron chi connectivity index (χ2n) is 5.84. The largest absolute Gasteiger partial charge is 0.245 e. The molecule has 3 aliphatic rings. The highest BCUT2D eigenvalue weighted by atomic mass is 31.1. The average Bonchev–Trinajstić information content (AvgIpc) is 2.95. The van der Waals surface area contributed by atoms with Crippen LogP contribution in [0.15, 0.2) is 0 Å². The second-order valence-corrected chi connectivity index (χ2v) is 8.56. The van der Waals surface area contributed by atoms with E-state index in [-0.39, 0.29) is 7.55 Å². The molecule has 2 saturated carbocycles. The van der Waals surface area contributed by atoms with Gasteiger partial charge in [-0.15, -0.1) is 0 Å². The minimum absolute atomic E-state index is 0.0287. The first-order valence-corrected chi connectivity index (χ1v) is 9.10. The quantitative estimate of drug-likeness (QED) is 0.510. The van der Waals surface area contributed by atoms with E-state index in [4.69, 9.17) is 0 Å². The molecule has 0 aromatic heterocycles. The Morgan fingerprint density at radius 1 is 0.667 bits per heavy atom. The highest BCUT2D eigenvalue weighted by molar-refractivity contribution is 7.61. The minimum atomic E-state index is -0.0287. The standard InChI is InChI=1S/C17H22P/c1-3-9-15(10-4-1)18(17-13-7-8-14-17)16-11-5-2-6-12-16/h15-16H,1-6,9-12H2/q+1. The summed E-state index contributed by atoms with van der Waals surface area (Å²) in [6.07, 6.45) is 14.5. The summed E-state index contributed by atoms with van der Waals surface area (Å²) in [5.41, 5.74) is 1.90. The van der Waals surface area contributed by atoms with Gasteiger partial charge in [0, 0.05) is 11.8 Å². The Balaban J connectivity index is 1.87. The Labute approximate surface area is 112 Å². The van der Waals surface area contributed by atoms with Gasteiger partial charge in [0.25, 0.3) is 0 Å². The van der Waals surface area contributed by atoms with Crippen LogP contribution in [0.1, 0.15) is 64.2 Å². The van der Waals surface area contributed by atoms with Crippen molar-refractivity contribution < 1.29 is 0 Å². The van der Waals surface area contributed by atoms with Crippen LogP contribution in [-0.4, -0.2) is 16.6 Å². The molecule has 0 unspecified atom stereocenters. The molecule has 94 valence electrons. The maximum atomic E-state index is 3.32. The monoisotopic (exact) mass is 257 g/mol. The third-order valence-electron chi connectivity index (χ3n) is 4.62. The predicted octanol–water partition coefficient (Wildman–Crippen LogP) is 4.33. The maximum absolute atomic E-state index is 3.32. The van der Waals surface area contributed by atoms with Crippen molar-refractivity contribution in [1.29, 1.82) is 0 Å². The molecule has 18 heavy (non-hydrogen) atoms. The SMILES string of the molecule is C1#CC(=[P+](C2CCCCC2)C2CCCCC2)C#C1. The van der Waals surface area contributed by atoms with Crippen molar-refractivity contribution in [3.05, 3.63) is 0 Å². The summed E-state index contributed by atoms with van der Waals surface area (Å²) in [6, 6.07) is 0. The van der Waals surface area contributed by atoms with Crippen LogP contribution < -0.4 is 0 Å². The topological polar surface area (TPSA) is 0 Å². The van der Waals surface area contributed by atoms with Crippen molar-refractivity contribution in [2.24, 2.45) is 0 Å². The van der Waals surface area contributed by atoms with Crippen LogP contribution in [0.2, 0.25) is 0 Å². The predicted molar refractivity (Wildman–Crippen MR) is 81.2 cm³/mol. The molecule has 0 atom stereocenters. The van der Waals surface area contributed by atoms with Crippen molar-refractivity contribution >= 4 is 12.8 Å². The first-order valence-electron chi connectivity index (χ1n) is 7.62. The average molecular weight is 257 g/mol. The van der Waals surface area contributed by atoms with Gasteiger partial charge in [-0.05, 0) is 63.2 Å². The Morgan fingerprint density at radius 2 is 1.11 bits per heavy atom. The molecule has 0 nitrogen and oxygen atoms in total. The van der Waals surface area contributed by atoms with E-state index in [1.54, 1.807) is 0 Å². The van der Waals surface area contributed by atoms with Gasteiger partial charge < -0.3 is 0 Å². The summed E-state index contributed by atoms with van der Waals surface area (Å²) in [5, 5.41) is 1.36. The molecule has 0 bridgehead atoms. The van der Waals surface area contributed by atoms with Crippen molar-refractivity contribution in [3.8, 4) is 23.7 Å². The van der Waals surface area contributed by atoms with Crippen LogP contribution >= 0.6 is 7.55 Å². The molecule has 0 N–H and O–H groups in total. The molecule has 1 heteroatoms. The third kappa shape index (κ3) is 2.66. The van der Waals surface area contributed by atoms with Gasteiger partial charge in [0.2, 0.25) is 5.29 Å². The van der Waals surface area contributed by atoms with Crippen LogP contribution in [0.4, 0.5) is 0 Å². The molecule has 0 aromatic carbocycles. The third-order valence-corrected chi connectivity index (χ3v) is 7.97. The van der Waals surface area contributed by atoms with Crippen LogP contribution in [-0.2, 0) is 0 Å². The summed E-state index contributed by atoms with van der Waals surface area (Å²) in [4.78, 5) is 0. The van der Waals surface area contributed by atoms with Crippen molar-refractivity contribution in [1.82, 2.24) is 0 Å². The van der Waals surface area contributed by atoms with E-state index in [0.717, 1.165) is 11.3 Å². The summed E-state index contributed by atoms with van der Waals surface area (Å²) in [5.74, 6) is 12.6. The first-order chi connectivity index (χ1) is 8.95. The lowest BCUT2D eigenvalue weighted by Gasteiger charge is -2.24. The normalized spacial score (nSPS) is 24.1. The van der Waals surface area contributed by atoms with Crippen molar-refractivity contribution in [3.63, 3.8) is 0 Å². The zero-order valence-electron chi connectivity index (χ0n) is 11.2. The van der Waals surface area contributed by atoms with E-state index in [9.17, 15) is 0 Å². The summed E-state index contributed by atoms with van der Waals surface area (Å²) in [6.45, 7) is 0. The van der Waals surface area contributed by atoms with E-state index in [0.29, 0.717) is 0 Å². The molecule has 3 rings (SSSR count). The number of hydrogen-bond acceptors (Lipinski definition) is 0.